The predicted molar refractivity (Wildman–Crippen MR) is 95.6 cm³/mol. The Kier molecular flexibility index (Phi) is 6.33. The smallest absolute Gasteiger partial charge is 0.311 e. The summed E-state index contributed by atoms with van der Waals surface area (Å²) >= 11 is 0. The number of aromatic nitrogens is 2. The molecule has 0 unspecified atom stereocenters. The van der Waals surface area contributed by atoms with Crippen molar-refractivity contribution in [3.05, 3.63) is 47.3 Å². The number of nitrogens with one attached hydrogen (secondary N) is 1. The van der Waals surface area contributed by atoms with Gasteiger partial charge in [-0.3, -0.25) is 9.59 Å². The second-order valence-corrected chi connectivity index (χ2v) is 6.00. The van der Waals surface area contributed by atoms with Crippen molar-refractivity contribution in [1.29, 1.82) is 0 Å². The first kappa shape index (κ1) is 18.7. The Morgan fingerprint density at radius 3 is 2.56 bits per heavy atom. The third-order valence-electron chi connectivity index (χ3n) is 3.99. The van der Waals surface area contributed by atoms with Gasteiger partial charge in [-0.1, -0.05) is 25.1 Å². The minimum Gasteiger partial charge on any atom is -0.452 e. The molecule has 1 amide bonds. The number of ether oxygens (including phenoxy) is 1. The Hall–Kier alpha value is -2.63. The molecule has 6 nitrogen and oxygen atoms in total. The van der Waals surface area contributed by atoms with Crippen LogP contribution in [0.1, 0.15) is 37.2 Å². The van der Waals surface area contributed by atoms with E-state index in [1.54, 1.807) is 6.92 Å². The summed E-state index contributed by atoms with van der Waals surface area (Å²) in [5.41, 5.74) is 3.44. The Morgan fingerprint density at radius 1 is 1.24 bits per heavy atom. The minimum atomic E-state index is -0.802. The molecule has 1 atom stereocenters. The molecule has 1 aromatic heterocycles. The highest BCUT2D eigenvalue weighted by atomic mass is 16.5. The summed E-state index contributed by atoms with van der Waals surface area (Å²) in [6, 6.07) is 9.74. The van der Waals surface area contributed by atoms with Gasteiger partial charge in [-0.15, -0.1) is 0 Å². The molecule has 25 heavy (non-hydrogen) atoms. The van der Waals surface area contributed by atoms with Gasteiger partial charge in [-0.2, -0.15) is 5.10 Å². The second kappa shape index (κ2) is 8.46. The van der Waals surface area contributed by atoms with Gasteiger partial charge in [0.2, 0.25) is 0 Å². The number of para-hydroxylation sites is 1. The van der Waals surface area contributed by atoms with Crippen LogP contribution in [-0.4, -0.2) is 34.3 Å². The van der Waals surface area contributed by atoms with Crippen LogP contribution in [-0.2, 0) is 20.7 Å². The van der Waals surface area contributed by atoms with Gasteiger partial charge in [0.05, 0.1) is 17.8 Å². The fraction of sp³-hybridized carbons (Fsp3) is 0.421. The molecule has 6 heteroatoms. The van der Waals surface area contributed by atoms with Crippen molar-refractivity contribution in [1.82, 2.24) is 15.1 Å². The molecule has 0 bridgehead atoms. The SMILES string of the molecule is CCCNC(=O)[C@H](C)OC(=O)Cc1c(C)nn(-c2ccccc2)c1C. The van der Waals surface area contributed by atoms with E-state index in [1.165, 1.54) is 0 Å². The average molecular weight is 343 g/mol. The molecule has 0 aliphatic rings. The Morgan fingerprint density at radius 2 is 1.92 bits per heavy atom. The average Bonchev–Trinajstić information content (AvgIpc) is 2.88. The van der Waals surface area contributed by atoms with Crippen molar-refractivity contribution in [2.75, 3.05) is 6.54 Å². The molecule has 2 rings (SSSR count). The highest BCUT2D eigenvalue weighted by Crippen LogP contribution is 2.18. The summed E-state index contributed by atoms with van der Waals surface area (Å²) in [4.78, 5) is 24.0. The van der Waals surface area contributed by atoms with E-state index in [-0.39, 0.29) is 12.3 Å². The number of nitrogens with zero attached hydrogens (tertiary/aromatic N) is 2. The zero-order chi connectivity index (χ0) is 18.4. The van der Waals surface area contributed by atoms with Gasteiger partial charge < -0.3 is 10.1 Å². The van der Waals surface area contributed by atoms with Crippen LogP contribution in [0.25, 0.3) is 5.69 Å². The van der Waals surface area contributed by atoms with Crippen LogP contribution in [0.3, 0.4) is 0 Å². The first-order valence-corrected chi connectivity index (χ1v) is 8.51. The molecular formula is C19H25N3O3. The molecule has 2 aromatic rings. The lowest BCUT2D eigenvalue weighted by Crippen LogP contribution is -2.36. The van der Waals surface area contributed by atoms with Crippen LogP contribution in [0.5, 0.6) is 0 Å². The van der Waals surface area contributed by atoms with Crippen LogP contribution in [0.15, 0.2) is 30.3 Å². The van der Waals surface area contributed by atoms with Crippen molar-refractivity contribution in [3.8, 4) is 5.69 Å². The van der Waals surface area contributed by atoms with E-state index in [0.717, 1.165) is 29.1 Å². The molecule has 0 saturated heterocycles. The normalized spacial score (nSPS) is 11.8. The first-order chi connectivity index (χ1) is 11.9. The van der Waals surface area contributed by atoms with Crippen molar-refractivity contribution in [2.45, 2.75) is 46.6 Å². The Labute approximate surface area is 148 Å². The van der Waals surface area contributed by atoms with E-state index in [2.05, 4.69) is 10.4 Å². The molecule has 0 aliphatic heterocycles. The van der Waals surface area contributed by atoms with Gasteiger partial charge in [0, 0.05) is 17.8 Å². The van der Waals surface area contributed by atoms with E-state index in [9.17, 15) is 9.59 Å². The van der Waals surface area contributed by atoms with Gasteiger partial charge in [-0.05, 0) is 39.3 Å². The highest BCUT2D eigenvalue weighted by molar-refractivity contribution is 5.84. The molecule has 0 radical (unpaired) electrons. The van der Waals surface area contributed by atoms with Crippen LogP contribution < -0.4 is 5.32 Å². The summed E-state index contributed by atoms with van der Waals surface area (Å²) < 4.78 is 7.06. The molecular weight excluding hydrogens is 318 g/mol. The number of hydrogen-bond donors (Lipinski definition) is 1. The van der Waals surface area contributed by atoms with E-state index >= 15 is 0 Å². The molecule has 1 heterocycles. The van der Waals surface area contributed by atoms with E-state index in [4.69, 9.17) is 4.74 Å². The number of benzene rings is 1. The number of rotatable bonds is 7. The number of carbonyl (C=O) groups excluding carboxylic acids is 2. The van der Waals surface area contributed by atoms with Gasteiger partial charge in [0.1, 0.15) is 0 Å². The number of aryl methyl sites for hydroxylation is 1. The topological polar surface area (TPSA) is 73.2 Å². The Bertz CT molecular complexity index is 738. The largest absolute Gasteiger partial charge is 0.452 e. The lowest BCUT2D eigenvalue weighted by atomic mass is 10.1. The fourth-order valence-corrected chi connectivity index (χ4v) is 2.58. The summed E-state index contributed by atoms with van der Waals surface area (Å²) in [5.74, 6) is -0.707. The van der Waals surface area contributed by atoms with Crippen LogP contribution >= 0.6 is 0 Å². The predicted octanol–water partition coefficient (Wildman–Crippen LogP) is 2.49. The zero-order valence-electron chi connectivity index (χ0n) is 15.2. The maximum Gasteiger partial charge on any atom is 0.311 e. The quantitative estimate of drug-likeness (QED) is 0.784. The first-order valence-electron chi connectivity index (χ1n) is 8.51. The van der Waals surface area contributed by atoms with Crippen molar-refractivity contribution in [2.24, 2.45) is 0 Å². The molecule has 0 fully saturated rings. The van der Waals surface area contributed by atoms with Crippen LogP contribution in [0, 0.1) is 13.8 Å². The number of esters is 1. The molecule has 134 valence electrons. The maximum atomic E-state index is 12.2. The molecule has 0 saturated carbocycles. The number of carbonyl (C=O) groups is 2. The molecule has 1 N–H and O–H groups in total. The lowest BCUT2D eigenvalue weighted by Gasteiger charge is -2.13. The number of hydrogen-bond acceptors (Lipinski definition) is 4. The van der Waals surface area contributed by atoms with Gasteiger partial charge >= 0.3 is 5.97 Å². The van der Waals surface area contributed by atoms with Gasteiger partial charge in [-0.25, -0.2) is 4.68 Å². The standard InChI is InChI=1S/C19H25N3O3/c1-5-11-20-19(24)15(4)25-18(23)12-17-13(2)21-22(14(17)3)16-9-7-6-8-10-16/h6-10,15H,5,11-12H2,1-4H3,(H,20,24)/t15-/m0/s1. The van der Waals surface area contributed by atoms with E-state index < -0.39 is 12.1 Å². The summed E-state index contributed by atoms with van der Waals surface area (Å²) in [5, 5.41) is 7.23. The zero-order valence-corrected chi connectivity index (χ0v) is 15.2. The number of amides is 1. The summed E-state index contributed by atoms with van der Waals surface area (Å²) in [6.07, 6.45) is 0.128. The molecule has 0 aliphatic carbocycles. The van der Waals surface area contributed by atoms with Crippen molar-refractivity contribution in [3.63, 3.8) is 0 Å². The fourth-order valence-electron chi connectivity index (χ4n) is 2.58. The second-order valence-electron chi connectivity index (χ2n) is 6.00. The van der Waals surface area contributed by atoms with Gasteiger partial charge in [0.25, 0.3) is 5.91 Å². The lowest BCUT2D eigenvalue weighted by molar-refractivity contribution is -0.154. The van der Waals surface area contributed by atoms with Crippen LogP contribution in [0.2, 0.25) is 0 Å². The molecule has 1 aromatic carbocycles. The third kappa shape index (κ3) is 4.68. The van der Waals surface area contributed by atoms with Gasteiger partial charge in [0.15, 0.2) is 6.10 Å². The van der Waals surface area contributed by atoms with E-state index in [0.29, 0.717) is 6.54 Å². The highest BCUT2D eigenvalue weighted by Gasteiger charge is 2.21. The minimum absolute atomic E-state index is 0.0932. The van der Waals surface area contributed by atoms with Crippen molar-refractivity contribution >= 4 is 11.9 Å². The summed E-state index contributed by atoms with van der Waals surface area (Å²) in [7, 11) is 0. The van der Waals surface area contributed by atoms with Crippen LogP contribution in [0.4, 0.5) is 0 Å². The third-order valence-corrected chi connectivity index (χ3v) is 3.99. The van der Waals surface area contributed by atoms with Crippen molar-refractivity contribution < 1.29 is 14.3 Å². The summed E-state index contributed by atoms with van der Waals surface area (Å²) in [6.45, 7) is 7.91. The van der Waals surface area contributed by atoms with E-state index in [1.807, 2.05) is 55.8 Å². The maximum absolute atomic E-state index is 12.2. The Balaban J connectivity index is 2.06. The monoisotopic (exact) mass is 343 g/mol. The molecule has 0 spiro atoms.